The van der Waals surface area contributed by atoms with Crippen molar-refractivity contribution in [3.05, 3.63) is 0 Å². The molecule has 0 radical (unpaired) electrons. The van der Waals surface area contributed by atoms with Gasteiger partial charge in [0.05, 0.1) is 0 Å². The zero-order chi connectivity index (χ0) is 16.5. The summed E-state index contributed by atoms with van der Waals surface area (Å²) >= 11 is 0. The van der Waals surface area contributed by atoms with Crippen LogP contribution in [0.1, 0.15) is 79.1 Å². The normalized spacial score (nSPS) is 14.5. The van der Waals surface area contributed by atoms with Gasteiger partial charge in [-0.05, 0) is 27.2 Å². The Balaban J connectivity index is 4.29. The molecule has 0 aliphatic heterocycles. The third-order valence-electron chi connectivity index (χ3n) is 3.32. The van der Waals surface area contributed by atoms with E-state index in [-0.39, 0.29) is 6.42 Å². The Morgan fingerprint density at radius 1 is 1.00 bits per heavy atom. The van der Waals surface area contributed by atoms with Crippen LogP contribution in [0.5, 0.6) is 0 Å². The molecule has 21 heavy (non-hydrogen) atoms. The highest BCUT2D eigenvalue weighted by Gasteiger charge is 2.44. The van der Waals surface area contributed by atoms with Gasteiger partial charge in [0, 0.05) is 0 Å². The Morgan fingerprint density at radius 3 is 1.90 bits per heavy atom. The Bertz CT molecular complexity index is 336. The lowest BCUT2D eigenvalue weighted by Crippen LogP contribution is -2.57. The maximum Gasteiger partial charge on any atom is 0.338 e. The molecule has 0 amide bonds. The Kier molecular flexibility index (Phi) is 8.55. The Labute approximate surface area is 128 Å². The molecular weight excluding hydrogens is 270 g/mol. The second kappa shape index (κ2) is 9.03. The fourth-order valence-electron chi connectivity index (χ4n) is 2.03. The molecule has 0 aromatic rings. The Morgan fingerprint density at radius 2 is 1.48 bits per heavy atom. The number of carbonyl (C=O) groups is 2. The van der Waals surface area contributed by atoms with E-state index in [1.165, 1.54) is 19.3 Å². The number of ether oxygens (including phenoxy) is 1. The summed E-state index contributed by atoms with van der Waals surface area (Å²) in [6.07, 6.45) is 7.44. The number of carboxylic acids is 1. The standard InChI is InChI=1S/C16H31NO4/c1-5-6-7-8-9-10-11-12-16(17,13(18)19)14(20)21-15(2,3)4/h5-12,17H2,1-4H3,(H,18,19). The number of hydrogen-bond donors (Lipinski definition) is 2. The zero-order valence-electron chi connectivity index (χ0n) is 13.9. The summed E-state index contributed by atoms with van der Waals surface area (Å²) in [5.74, 6) is -2.17. The summed E-state index contributed by atoms with van der Waals surface area (Å²) in [7, 11) is 0. The molecule has 0 saturated heterocycles. The highest BCUT2D eigenvalue weighted by atomic mass is 16.6. The minimum atomic E-state index is -1.93. The van der Waals surface area contributed by atoms with Crippen molar-refractivity contribution in [1.29, 1.82) is 0 Å². The van der Waals surface area contributed by atoms with Crippen molar-refractivity contribution in [3.63, 3.8) is 0 Å². The van der Waals surface area contributed by atoms with E-state index in [9.17, 15) is 14.7 Å². The van der Waals surface area contributed by atoms with Gasteiger partial charge in [0.2, 0.25) is 5.54 Å². The van der Waals surface area contributed by atoms with Crippen LogP contribution in [0.25, 0.3) is 0 Å². The summed E-state index contributed by atoms with van der Waals surface area (Å²) < 4.78 is 5.13. The summed E-state index contributed by atoms with van der Waals surface area (Å²) in [6, 6.07) is 0. The molecule has 0 spiro atoms. The van der Waals surface area contributed by atoms with Crippen molar-refractivity contribution in [2.24, 2.45) is 5.73 Å². The van der Waals surface area contributed by atoms with Crippen molar-refractivity contribution < 1.29 is 19.4 Å². The van der Waals surface area contributed by atoms with Crippen LogP contribution in [0.2, 0.25) is 0 Å². The predicted molar refractivity (Wildman–Crippen MR) is 83.0 cm³/mol. The summed E-state index contributed by atoms with van der Waals surface area (Å²) in [5, 5.41) is 9.25. The van der Waals surface area contributed by atoms with E-state index < -0.39 is 23.1 Å². The molecule has 0 aromatic carbocycles. The first kappa shape index (κ1) is 19.9. The molecule has 5 heteroatoms. The number of carbonyl (C=O) groups excluding carboxylic acids is 1. The number of esters is 1. The smallest absolute Gasteiger partial charge is 0.338 e. The minimum Gasteiger partial charge on any atom is -0.479 e. The maximum absolute atomic E-state index is 12.0. The number of aliphatic carboxylic acids is 1. The van der Waals surface area contributed by atoms with Gasteiger partial charge in [0.1, 0.15) is 5.60 Å². The van der Waals surface area contributed by atoms with E-state index in [0.717, 1.165) is 19.3 Å². The van der Waals surface area contributed by atoms with Gasteiger partial charge in [0.15, 0.2) is 0 Å². The van der Waals surface area contributed by atoms with Crippen molar-refractivity contribution >= 4 is 11.9 Å². The van der Waals surface area contributed by atoms with Crippen LogP contribution in [-0.4, -0.2) is 28.2 Å². The molecule has 1 atom stereocenters. The number of hydrogen-bond acceptors (Lipinski definition) is 4. The number of carboxylic acid groups (broad SMARTS) is 1. The van der Waals surface area contributed by atoms with Gasteiger partial charge in [0.25, 0.3) is 0 Å². The van der Waals surface area contributed by atoms with E-state index in [4.69, 9.17) is 10.5 Å². The zero-order valence-corrected chi connectivity index (χ0v) is 13.9. The molecular formula is C16H31NO4. The van der Waals surface area contributed by atoms with Gasteiger partial charge in [-0.3, -0.25) is 0 Å². The summed E-state index contributed by atoms with van der Waals surface area (Å²) in [5.41, 5.74) is 3.11. The number of nitrogens with two attached hydrogens (primary N) is 1. The van der Waals surface area contributed by atoms with E-state index in [0.29, 0.717) is 6.42 Å². The van der Waals surface area contributed by atoms with Crippen LogP contribution in [0.15, 0.2) is 0 Å². The quantitative estimate of drug-likeness (QED) is 0.367. The summed E-state index contributed by atoms with van der Waals surface area (Å²) in [6.45, 7) is 7.25. The fourth-order valence-corrected chi connectivity index (χ4v) is 2.03. The molecule has 0 aliphatic rings. The molecule has 0 fully saturated rings. The SMILES string of the molecule is CCCCCCCCCC(N)(C(=O)O)C(=O)OC(C)(C)C. The second-order valence-corrected chi connectivity index (χ2v) is 6.65. The Hall–Kier alpha value is -1.10. The lowest BCUT2D eigenvalue weighted by Gasteiger charge is -2.28. The van der Waals surface area contributed by atoms with Crippen LogP contribution in [-0.2, 0) is 14.3 Å². The average Bonchev–Trinajstić information content (AvgIpc) is 2.35. The first-order chi connectivity index (χ1) is 9.63. The number of unbranched alkanes of at least 4 members (excludes halogenated alkanes) is 6. The van der Waals surface area contributed by atoms with Gasteiger partial charge in [-0.1, -0.05) is 51.9 Å². The molecule has 0 rings (SSSR count). The first-order valence-corrected chi connectivity index (χ1v) is 7.89. The second-order valence-electron chi connectivity index (χ2n) is 6.65. The topological polar surface area (TPSA) is 89.6 Å². The van der Waals surface area contributed by atoms with E-state index in [1.807, 2.05) is 0 Å². The third-order valence-corrected chi connectivity index (χ3v) is 3.32. The van der Waals surface area contributed by atoms with Gasteiger partial charge < -0.3 is 15.6 Å². The molecule has 1 unspecified atom stereocenters. The van der Waals surface area contributed by atoms with Gasteiger partial charge in [-0.15, -0.1) is 0 Å². The molecule has 0 bridgehead atoms. The van der Waals surface area contributed by atoms with Crippen LogP contribution in [0, 0.1) is 0 Å². The monoisotopic (exact) mass is 301 g/mol. The lowest BCUT2D eigenvalue weighted by molar-refractivity contribution is -0.169. The lowest BCUT2D eigenvalue weighted by atomic mass is 9.92. The van der Waals surface area contributed by atoms with Crippen LogP contribution < -0.4 is 5.73 Å². The molecule has 0 aliphatic carbocycles. The predicted octanol–water partition coefficient (Wildman–Crippen LogP) is 3.25. The molecule has 5 nitrogen and oxygen atoms in total. The van der Waals surface area contributed by atoms with Crippen molar-refractivity contribution in [2.75, 3.05) is 0 Å². The van der Waals surface area contributed by atoms with Crippen molar-refractivity contribution in [3.8, 4) is 0 Å². The molecule has 0 saturated carbocycles. The molecule has 0 aromatic heterocycles. The fraction of sp³-hybridized carbons (Fsp3) is 0.875. The molecule has 0 heterocycles. The highest BCUT2D eigenvalue weighted by molar-refractivity contribution is 6.03. The maximum atomic E-state index is 12.0. The van der Waals surface area contributed by atoms with Crippen molar-refractivity contribution in [1.82, 2.24) is 0 Å². The third kappa shape index (κ3) is 8.05. The minimum absolute atomic E-state index is 0.116. The largest absolute Gasteiger partial charge is 0.479 e. The van der Waals surface area contributed by atoms with E-state index in [1.54, 1.807) is 20.8 Å². The van der Waals surface area contributed by atoms with Crippen molar-refractivity contribution in [2.45, 2.75) is 90.2 Å². The van der Waals surface area contributed by atoms with Crippen LogP contribution in [0.3, 0.4) is 0 Å². The highest BCUT2D eigenvalue weighted by Crippen LogP contribution is 2.20. The first-order valence-electron chi connectivity index (χ1n) is 7.89. The summed E-state index contributed by atoms with van der Waals surface area (Å²) in [4.78, 5) is 23.3. The molecule has 124 valence electrons. The number of rotatable bonds is 10. The van der Waals surface area contributed by atoms with E-state index >= 15 is 0 Å². The van der Waals surface area contributed by atoms with Gasteiger partial charge in [-0.2, -0.15) is 0 Å². The van der Waals surface area contributed by atoms with Gasteiger partial charge >= 0.3 is 11.9 Å². The van der Waals surface area contributed by atoms with Crippen LogP contribution in [0.4, 0.5) is 0 Å². The van der Waals surface area contributed by atoms with Crippen LogP contribution >= 0.6 is 0 Å². The van der Waals surface area contributed by atoms with E-state index in [2.05, 4.69) is 6.92 Å². The average molecular weight is 301 g/mol. The van der Waals surface area contributed by atoms with Gasteiger partial charge in [-0.25, -0.2) is 9.59 Å². The molecule has 3 N–H and O–H groups in total.